The molecule has 0 aromatic heterocycles. The fourth-order valence-corrected chi connectivity index (χ4v) is 2.20. The van der Waals surface area contributed by atoms with Crippen LogP contribution in [0.1, 0.15) is 11.1 Å². The zero-order valence-electron chi connectivity index (χ0n) is 14.8. The summed E-state index contributed by atoms with van der Waals surface area (Å²) in [6.45, 7) is 3.43. The van der Waals surface area contributed by atoms with Crippen molar-refractivity contribution in [1.29, 1.82) is 0 Å². The van der Waals surface area contributed by atoms with Crippen LogP contribution in [0.25, 0.3) is 0 Å². The first-order valence-electron chi connectivity index (χ1n) is 8.00. The summed E-state index contributed by atoms with van der Waals surface area (Å²) >= 11 is 0. The van der Waals surface area contributed by atoms with Gasteiger partial charge in [-0.25, -0.2) is 5.43 Å². The number of amides is 1. The average Bonchev–Trinajstić information content (AvgIpc) is 2.67. The van der Waals surface area contributed by atoms with Gasteiger partial charge in [0.2, 0.25) is 0 Å². The highest BCUT2D eigenvalue weighted by Crippen LogP contribution is 2.28. The third-order valence-corrected chi connectivity index (χ3v) is 3.45. The number of ether oxygens (including phenoxy) is 2. The zero-order valence-corrected chi connectivity index (χ0v) is 14.8. The second-order valence-corrected chi connectivity index (χ2v) is 5.41. The molecule has 0 atom stereocenters. The molecule has 0 aliphatic heterocycles. The maximum absolute atomic E-state index is 11.8. The smallest absolute Gasteiger partial charge is 0.277 e. The van der Waals surface area contributed by atoms with Crippen molar-refractivity contribution in [2.24, 2.45) is 5.10 Å². The molecule has 0 fully saturated rings. The first-order valence-corrected chi connectivity index (χ1v) is 8.00. The number of methoxy groups -OCH3 is 1. The molecule has 0 aliphatic rings. The van der Waals surface area contributed by atoms with Gasteiger partial charge in [-0.15, -0.1) is 6.58 Å². The Hall–Kier alpha value is -3.68. The molecule has 2 rings (SSSR count). The summed E-state index contributed by atoms with van der Waals surface area (Å²) < 4.78 is 10.7. The molecule has 0 radical (unpaired) electrons. The molecule has 8 nitrogen and oxygen atoms in total. The SMILES string of the molecule is C=CCc1ccc(OCC(=O)N/N=C\c2cccc([N+](=O)[O-])c2)c(OC)c1. The average molecular weight is 369 g/mol. The number of nitro benzene ring substituents is 1. The first-order chi connectivity index (χ1) is 13.0. The topological polar surface area (TPSA) is 103 Å². The molecule has 0 aliphatic carbocycles. The van der Waals surface area contributed by atoms with Crippen molar-refractivity contribution in [3.63, 3.8) is 0 Å². The van der Waals surface area contributed by atoms with Crippen LogP contribution in [-0.2, 0) is 11.2 Å². The van der Waals surface area contributed by atoms with Gasteiger partial charge < -0.3 is 9.47 Å². The van der Waals surface area contributed by atoms with Gasteiger partial charge in [-0.2, -0.15) is 5.10 Å². The van der Waals surface area contributed by atoms with Crippen LogP contribution in [0.15, 0.2) is 60.2 Å². The predicted octanol–water partition coefficient (Wildman–Crippen LogP) is 2.86. The maximum Gasteiger partial charge on any atom is 0.277 e. The van der Waals surface area contributed by atoms with Crippen LogP contribution in [0, 0.1) is 10.1 Å². The van der Waals surface area contributed by atoms with Crippen molar-refractivity contribution in [2.45, 2.75) is 6.42 Å². The van der Waals surface area contributed by atoms with Crippen LogP contribution in [-0.4, -0.2) is 30.8 Å². The summed E-state index contributed by atoms with van der Waals surface area (Å²) in [5, 5.41) is 14.5. The zero-order chi connectivity index (χ0) is 19.6. The van der Waals surface area contributed by atoms with E-state index in [9.17, 15) is 14.9 Å². The van der Waals surface area contributed by atoms with Gasteiger partial charge in [0, 0.05) is 17.7 Å². The van der Waals surface area contributed by atoms with Gasteiger partial charge in [0.25, 0.3) is 11.6 Å². The van der Waals surface area contributed by atoms with Crippen molar-refractivity contribution >= 4 is 17.8 Å². The number of nitrogens with zero attached hydrogens (tertiary/aromatic N) is 2. The molecular weight excluding hydrogens is 350 g/mol. The van der Waals surface area contributed by atoms with E-state index in [1.54, 1.807) is 18.2 Å². The van der Waals surface area contributed by atoms with Gasteiger partial charge in [-0.1, -0.05) is 24.3 Å². The Bertz CT molecular complexity index is 864. The largest absolute Gasteiger partial charge is 0.493 e. The van der Waals surface area contributed by atoms with Crippen LogP contribution >= 0.6 is 0 Å². The lowest BCUT2D eigenvalue weighted by atomic mass is 10.1. The van der Waals surface area contributed by atoms with Gasteiger partial charge in [0.1, 0.15) is 0 Å². The van der Waals surface area contributed by atoms with E-state index in [4.69, 9.17) is 9.47 Å². The van der Waals surface area contributed by atoms with Crippen molar-refractivity contribution in [3.05, 3.63) is 76.4 Å². The summed E-state index contributed by atoms with van der Waals surface area (Å²) in [6.07, 6.45) is 3.79. The van der Waals surface area contributed by atoms with E-state index in [1.807, 2.05) is 12.1 Å². The third-order valence-electron chi connectivity index (χ3n) is 3.45. The maximum atomic E-state index is 11.8. The molecule has 0 spiro atoms. The Morgan fingerprint density at radius 1 is 1.30 bits per heavy atom. The molecule has 0 heterocycles. The molecule has 1 N–H and O–H groups in total. The molecule has 2 aromatic rings. The number of rotatable bonds is 9. The molecule has 0 saturated heterocycles. The van der Waals surface area contributed by atoms with E-state index >= 15 is 0 Å². The molecule has 1 amide bonds. The van der Waals surface area contributed by atoms with E-state index in [2.05, 4.69) is 17.1 Å². The quantitative estimate of drug-likeness (QED) is 0.317. The molecule has 8 heteroatoms. The van der Waals surface area contributed by atoms with Crippen LogP contribution in [0.4, 0.5) is 5.69 Å². The number of carbonyl (C=O) groups is 1. The lowest BCUT2D eigenvalue weighted by molar-refractivity contribution is -0.384. The fourth-order valence-electron chi connectivity index (χ4n) is 2.20. The molecule has 0 saturated carbocycles. The van der Waals surface area contributed by atoms with Crippen molar-refractivity contribution < 1.29 is 19.2 Å². The second-order valence-electron chi connectivity index (χ2n) is 5.41. The lowest BCUT2D eigenvalue weighted by Crippen LogP contribution is -2.24. The van der Waals surface area contributed by atoms with E-state index in [-0.39, 0.29) is 12.3 Å². The van der Waals surface area contributed by atoms with Gasteiger partial charge in [-0.05, 0) is 24.1 Å². The summed E-state index contributed by atoms with van der Waals surface area (Å²) in [7, 11) is 1.52. The highest BCUT2D eigenvalue weighted by Gasteiger charge is 2.08. The number of benzene rings is 2. The Kier molecular flexibility index (Phi) is 7.07. The molecule has 0 unspecified atom stereocenters. The number of nitrogens with one attached hydrogen (secondary N) is 1. The standard InChI is InChI=1S/C19H19N3O5/c1-3-5-14-8-9-17(18(11-14)26-2)27-13-19(23)21-20-12-15-6-4-7-16(10-15)22(24)25/h3-4,6-12H,1,5,13H2,2H3,(H,21,23)/b20-12-. The van der Waals surface area contributed by atoms with Crippen LogP contribution < -0.4 is 14.9 Å². The van der Waals surface area contributed by atoms with Crippen molar-refractivity contribution in [3.8, 4) is 11.5 Å². The third kappa shape index (κ3) is 5.96. The number of allylic oxidation sites excluding steroid dienone is 1. The Morgan fingerprint density at radius 2 is 2.11 bits per heavy atom. The molecule has 2 aromatic carbocycles. The Morgan fingerprint density at radius 3 is 2.81 bits per heavy atom. The summed E-state index contributed by atoms with van der Waals surface area (Å²) in [4.78, 5) is 22.1. The number of carbonyl (C=O) groups excluding carboxylic acids is 1. The highest BCUT2D eigenvalue weighted by atomic mass is 16.6. The predicted molar refractivity (Wildman–Crippen MR) is 101 cm³/mol. The van der Waals surface area contributed by atoms with Gasteiger partial charge in [-0.3, -0.25) is 14.9 Å². The monoisotopic (exact) mass is 369 g/mol. The van der Waals surface area contributed by atoms with Crippen molar-refractivity contribution in [1.82, 2.24) is 5.43 Å². The summed E-state index contributed by atoms with van der Waals surface area (Å²) in [6, 6.07) is 11.3. The Labute approximate surface area is 156 Å². The van der Waals surface area contributed by atoms with Crippen molar-refractivity contribution in [2.75, 3.05) is 13.7 Å². The molecular formula is C19H19N3O5. The van der Waals surface area contributed by atoms with Crippen LogP contribution in [0.3, 0.4) is 0 Å². The minimum atomic E-state index is -0.503. The number of nitro groups is 1. The summed E-state index contributed by atoms with van der Waals surface area (Å²) in [5.41, 5.74) is 3.75. The van der Waals surface area contributed by atoms with Gasteiger partial charge >= 0.3 is 0 Å². The summed E-state index contributed by atoms with van der Waals surface area (Å²) in [5.74, 6) is 0.472. The van der Waals surface area contributed by atoms with Gasteiger partial charge in [0.15, 0.2) is 18.1 Å². The van der Waals surface area contributed by atoms with E-state index < -0.39 is 10.8 Å². The first kappa shape index (κ1) is 19.6. The molecule has 0 bridgehead atoms. The Balaban J connectivity index is 1.90. The van der Waals surface area contributed by atoms with E-state index in [1.165, 1.54) is 31.5 Å². The van der Waals surface area contributed by atoms with E-state index in [0.29, 0.717) is 23.5 Å². The number of hydrazone groups is 1. The van der Waals surface area contributed by atoms with Crippen LogP contribution in [0.2, 0.25) is 0 Å². The highest BCUT2D eigenvalue weighted by molar-refractivity contribution is 5.83. The minimum Gasteiger partial charge on any atom is -0.493 e. The fraction of sp³-hybridized carbons (Fsp3) is 0.158. The number of hydrogen-bond acceptors (Lipinski definition) is 6. The second kappa shape index (κ2) is 9.71. The van der Waals surface area contributed by atoms with Crippen LogP contribution in [0.5, 0.6) is 11.5 Å². The molecule has 140 valence electrons. The normalized spacial score (nSPS) is 10.4. The number of non-ortho nitro benzene ring substituents is 1. The minimum absolute atomic E-state index is 0.0550. The van der Waals surface area contributed by atoms with E-state index in [0.717, 1.165) is 5.56 Å². The van der Waals surface area contributed by atoms with Gasteiger partial charge in [0.05, 0.1) is 18.2 Å². The lowest BCUT2D eigenvalue weighted by Gasteiger charge is -2.11. The number of hydrogen-bond donors (Lipinski definition) is 1. The molecule has 27 heavy (non-hydrogen) atoms.